The van der Waals surface area contributed by atoms with Crippen LogP contribution in [0.15, 0.2) is 12.4 Å². The van der Waals surface area contributed by atoms with Crippen LogP contribution < -0.4 is 5.32 Å². The van der Waals surface area contributed by atoms with E-state index in [4.69, 9.17) is 5.11 Å². The third kappa shape index (κ3) is 2.23. The smallest absolute Gasteiger partial charge is 0.356 e. The van der Waals surface area contributed by atoms with Crippen molar-refractivity contribution in [3.05, 3.63) is 18.1 Å². The Morgan fingerprint density at radius 1 is 1.60 bits per heavy atom. The van der Waals surface area contributed by atoms with Gasteiger partial charge >= 0.3 is 5.97 Å². The number of anilines is 1. The Balaban J connectivity index is 1.96. The van der Waals surface area contributed by atoms with E-state index in [1.54, 1.807) is 0 Å². The molecule has 2 unspecified atom stereocenters. The first kappa shape index (κ1) is 9.89. The second kappa shape index (κ2) is 3.84. The Morgan fingerprint density at radius 2 is 2.40 bits per heavy atom. The molecule has 5 heteroatoms. The second-order valence-corrected chi connectivity index (χ2v) is 3.75. The van der Waals surface area contributed by atoms with Crippen LogP contribution in [-0.4, -0.2) is 27.1 Å². The summed E-state index contributed by atoms with van der Waals surface area (Å²) in [5.41, 5.74) is -0.0246. The summed E-state index contributed by atoms with van der Waals surface area (Å²) in [7, 11) is 0. The topological polar surface area (TPSA) is 75.1 Å². The minimum atomic E-state index is -1.05. The van der Waals surface area contributed by atoms with E-state index in [0.29, 0.717) is 11.9 Å². The van der Waals surface area contributed by atoms with E-state index in [0.717, 1.165) is 12.3 Å². The molecule has 80 valence electrons. The lowest BCUT2D eigenvalue weighted by molar-refractivity contribution is 0.0690. The summed E-state index contributed by atoms with van der Waals surface area (Å²) in [5, 5.41) is 11.8. The van der Waals surface area contributed by atoms with Gasteiger partial charge in [-0.2, -0.15) is 0 Å². The molecule has 1 fully saturated rings. The first-order chi connectivity index (χ1) is 7.20. The van der Waals surface area contributed by atoms with Crippen molar-refractivity contribution >= 4 is 11.8 Å². The third-order valence-electron chi connectivity index (χ3n) is 2.65. The monoisotopic (exact) mass is 207 g/mol. The minimum absolute atomic E-state index is 0.0246. The first-order valence-electron chi connectivity index (χ1n) is 5.02. The normalized spacial score (nSPS) is 23.5. The van der Waals surface area contributed by atoms with Crippen LogP contribution in [0.5, 0.6) is 0 Å². The lowest BCUT2D eigenvalue weighted by Gasteiger charge is -2.03. The van der Waals surface area contributed by atoms with Crippen molar-refractivity contribution in [2.75, 3.05) is 5.32 Å². The van der Waals surface area contributed by atoms with Gasteiger partial charge in [0.1, 0.15) is 5.82 Å². The molecule has 2 rings (SSSR count). The lowest BCUT2D eigenvalue weighted by atomic mass is 10.3. The van der Waals surface area contributed by atoms with Crippen LogP contribution in [0.3, 0.4) is 0 Å². The number of rotatable bonds is 4. The van der Waals surface area contributed by atoms with Gasteiger partial charge in [-0.05, 0) is 12.3 Å². The summed E-state index contributed by atoms with van der Waals surface area (Å²) < 4.78 is 0. The van der Waals surface area contributed by atoms with Gasteiger partial charge in [0.2, 0.25) is 0 Å². The van der Waals surface area contributed by atoms with E-state index >= 15 is 0 Å². The summed E-state index contributed by atoms with van der Waals surface area (Å²) in [6.45, 7) is 2.16. The van der Waals surface area contributed by atoms with E-state index in [1.807, 2.05) is 0 Å². The van der Waals surface area contributed by atoms with Gasteiger partial charge in [0.15, 0.2) is 5.69 Å². The summed E-state index contributed by atoms with van der Waals surface area (Å²) >= 11 is 0. The van der Waals surface area contributed by atoms with Gasteiger partial charge in [0.05, 0.1) is 12.4 Å². The van der Waals surface area contributed by atoms with Crippen molar-refractivity contribution in [1.82, 2.24) is 9.97 Å². The summed E-state index contributed by atoms with van der Waals surface area (Å²) in [4.78, 5) is 18.3. The molecule has 0 amide bonds. The van der Waals surface area contributed by atoms with E-state index in [-0.39, 0.29) is 5.69 Å². The number of carboxylic acids is 1. The summed E-state index contributed by atoms with van der Waals surface area (Å²) in [6.07, 6.45) is 5.07. The zero-order valence-corrected chi connectivity index (χ0v) is 8.47. The van der Waals surface area contributed by atoms with Gasteiger partial charge in [0, 0.05) is 6.04 Å². The molecule has 1 aromatic heterocycles. The summed E-state index contributed by atoms with van der Waals surface area (Å²) in [5.74, 6) is 0.332. The number of hydrogen-bond acceptors (Lipinski definition) is 4. The fraction of sp³-hybridized carbons (Fsp3) is 0.500. The fourth-order valence-electron chi connectivity index (χ4n) is 1.58. The quantitative estimate of drug-likeness (QED) is 0.780. The second-order valence-electron chi connectivity index (χ2n) is 3.75. The van der Waals surface area contributed by atoms with Gasteiger partial charge < -0.3 is 10.4 Å². The molecule has 0 spiro atoms. The molecule has 1 aliphatic carbocycles. The van der Waals surface area contributed by atoms with E-state index in [2.05, 4.69) is 22.2 Å². The number of hydrogen-bond donors (Lipinski definition) is 2. The number of nitrogens with zero attached hydrogens (tertiary/aromatic N) is 2. The first-order valence-corrected chi connectivity index (χ1v) is 5.02. The minimum Gasteiger partial charge on any atom is -0.476 e. The van der Waals surface area contributed by atoms with Crippen molar-refractivity contribution in [1.29, 1.82) is 0 Å². The molecule has 1 heterocycles. The molecule has 0 bridgehead atoms. The summed E-state index contributed by atoms with van der Waals surface area (Å²) in [6, 6.07) is 0.486. The highest BCUT2D eigenvalue weighted by atomic mass is 16.4. The van der Waals surface area contributed by atoms with Gasteiger partial charge in [-0.1, -0.05) is 13.3 Å². The van der Waals surface area contributed by atoms with Crippen LogP contribution in [0, 0.1) is 5.92 Å². The SMILES string of the molecule is CCC1CC1Nc1cnc(C(=O)O)cn1. The fourth-order valence-corrected chi connectivity index (χ4v) is 1.58. The van der Waals surface area contributed by atoms with Crippen molar-refractivity contribution in [3.63, 3.8) is 0 Å². The maximum Gasteiger partial charge on any atom is 0.356 e. The standard InChI is InChI=1S/C10H13N3O2/c1-2-6-3-7(6)13-9-5-11-8(4-12-9)10(14)15/h4-7H,2-3H2,1H3,(H,12,13)(H,14,15). The van der Waals surface area contributed by atoms with E-state index in [9.17, 15) is 4.79 Å². The predicted molar refractivity (Wildman–Crippen MR) is 54.8 cm³/mol. The maximum absolute atomic E-state index is 10.5. The molecular weight excluding hydrogens is 194 g/mol. The molecule has 1 saturated carbocycles. The number of aromatic carboxylic acids is 1. The lowest BCUT2D eigenvalue weighted by Crippen LogP contribution is -2.08. The Labute approximate surface area is 87.6 Å². The zero-order valence-electron chi connectivity index (χ0n) is 8.47. The average molecular weight is 207 g/mol. The van der Waals surface area contributed by atoms with E-state index in [1.165, 1.54) is 18.8 Å². The molecule has 1 aliphatic rings. The van der Waals surface area contributed by atoms with Crippen LogP contribution in [0.2, 0.25) is 0 Å². The third-order valence-corrected chi connectivity index (χ3v) is 2.65. The molecule has 0 radical (unpaired) electrons. The molecule has 0 aliphatic heterocycles. The van der Waals surface area contributed by atoms with Crippen molar-refractivity contribution < 1.29 is 9.90 Å². The van der Waals surface area contributed by atoms with Crippen LogP contribution >= 0.6 is 0 Å². The highest BCUT2D eigenvalue weighted by molar-refractivity contribution is 5.84. The predicted octanol–water partition coefficient (Wildman–Crippen LogP) is 1.39. The average Bonchev–Trinajstić information content (AvgIpc) is 2.97. The number of aromatic nitrogens is 2. The molecule has 0 saturated heterocycles. The van der Waals surface area contributed by atoms with Crippen LogP contribution in [0.25, 0.3) is 0 Å². The Morgan fingerprint density at radius 3 is 2.87 bits per heavy atom. The number of carbonyl (C=O) groups is 1. The van der Waals surface area contributed by atoms with Gasteiger partial charge in [-0.25, -0.2) is 14.8 Å². The number of nitrogens with one attached hydrogen (secondary N) is 1. The molecule has 2 atom stereocenters. The van der Waals surface area contributed by atoms with Crippen molar-refractivity contribution in [2.45, 2.75) is 25.8 Å². The Hall–Kier alpha value is -1.65. The van der Waals surface area contributed by atoms with Crippen LogP contribution in [-0.2, 0) is 0 Å². The van der Waals surface area contributed by atoms with E-state index < -0.39 is 5.97 Å². The highest BCUT2D eigenvalue weighted by Crippen LogP contribution is 2.35. The van der Waals surface area contributed by atoms with Crippen LogP contribution in [0.4, 0.5) is 5.82 Å². The molecule has 1 aromatic rings. The maximum atomic E-state index is 10.5. The van der Waals surface area contributed by atoms with Crippen molar-refractivity contribution in [2.24, 2.45) is 5.92 Å². The van der Waals surface area contributed by atoms with Gasteiger partial charge in [-0.3, -0.25) is 0 Å². The van der Waals surface area contributed by atoms with Crippen LogP contribution in [0.1, 0.15) is 30.3 Å². The zero-order chi connectivity index (χ0) is 10.8. The Kier molecular flexibility index (Phi) is 2.53. The van der Waals surface area contributed by atoms with Gasteiger partial charge in [-0.15, -0.1) is 0 Å². The molecule has 2 N–H and O–H groups in total. The Bertz CT molecular complexity index is 363. The highest BCUT2D eigenvalue weighted by Gasteiger charge is 2.35. The van der Waals surface area contributed by atoms with Crippen molar-refractivity contribution in [3.8, 4) is 0 Å². The number of carboxylic acid groups (broad SMARTS) is 1. The van der Waals surface area contributed by atoms with Gasteiger partial charge in [0.25, 0.3) is 0 Å². The molecule has 15 heavy (non-hydrogen) atoms. The molecule has 5 nitrogen and oxygen atoms in total. The largest absolute Gasteiger partial charge is 0.476 e. The molecular formula is C10H13N3O2. The molecule has 0 aromatic carbocycles.